The second-order valence-electron chi connectivity index (χ2n) is 5.47. The van der Waals surface area contributed by atoms with Gasteiger partial charge in [-0.25, -0.2) is 4.39 Å². The number of nitrogens with one attached hydrogen (secondary N) is 1. The van der Waals surface area contributed by atoms with Crippen molar-refractivity contribution in [1.82, 2.24) is 5.32 Å². The molecule has 3 rings (SSSR count). The molecule has 1 aliphatic carbocycles. The Labute approximate surface area is 132 Å². The van der Waals surface area contributed by atoms with Crippen LogP contribution >= 0.6 is 11.6 Å². The number of halogens is 2. The highest BCUT2D eigenvalue weighted by Crippen LogP contribution is 2.36. The minimum absolute atomic E-state index is 0.0213. The van der Waals surface area contributed by atoms with Crippen LogP contribution in [0, 0.1) is 5.82 Å². The van der Waals surface area contributed by atoms with Crippen LogP contribution in [0.5, 0.6) is 0 Å². The average molecular weight is 320 g/mol. The number of aliphatic hydroxyl groups is 1. The third-order valence-corrected chi connectivity index (χ3v) is 4.37. The Hall–Kier alpha value is -1.91. The van der Waals surface area contributed by atoms with Gasteiger partial charge in [0.05, 0.1) is 17.1 Å². The molecule has 0 fully saturated rings. The summed E-state index contributed by atoms with van der Waals surface area (Å²) in [5.74, 6) is -1.30. The zero-order valence-corrected chi connectivity index (χ0v) is 12.5. The van der Waals surface area contributed by atoms with Crippen LogP contribution in [0.3, 0.4) is 0 Å². The lowest BCUT2D eigenvalue weighted by Gasteiger charge is -2.24. The standard InChI is InChI=1S/C17H15ClFNO2/c18-13-6-3-7-14(19)15(13)16(21)20-10-17(22)9-8-11-4-1-2-5-12(11)17/h1-7,22H,8-10H2,(H,20,21)/t17-/m0/s1. The Kier molecular flexibility index (Phi) is 3.89. The highest BCUT2D eigenvalue weighted by atomic mass is 35.5. The van der Waals surface area contributed by atoms with Crippen molar-refractivity contribution in [1.29, 1.82) is 0 Å². The van der Waals surface area contributed by atoms with E-state index in [2.05, 4.69) is 5.32 Å². The molecule has 0 heterocycles. The van der Waals surface area contributed by atoms with Gasteiger partial charge in [-0.1, -0.05) is 41.9 Å². The molecule has 0 saturated heterocycles. The predicted molar refractivity (Wildman–Crippen MR) is 82.4 cm³/mol. The van der Waals surface area contributed by atoms with Crippen molar-refractivity contribution in [2.45, 2.75) is 18.4 Å². The fourth-order valence-electron chi connectivity index (χ4n) is 2.88. The number of aryl methyl sites for hydroxylation is 1. The van der Waals surface area contributed by atoms with Crippen LogP contribution in [0.2, 0.25) is 5.02 Å². The van der Waals surface area contributed by atoms with Gasteiger partial charge in [0.2, 0.25) is 0 Å². The molecule has 2 aromatic rings. The van der Waals surface area contributed by atoms with Gasteiger partial charge in [-0.05, 0) is 36.1 Å². The average Bonchev–Trinajstić information content (AvgIpc) is 2.84. The third kappa shape index (κ3) is 2.60. The molecule has 0 spiro atoms. The fourth-order valence-corrected chi connectivity index (χ4v) is 3.13. The van der Waals surface area contributed by atoms with Gasteiger partial charge in [-0.15, -0.1) is 0 Å². The van der Waals surface area contributed by atoms with Crippen molar-refractivity contribution in [3.8, 4) is 0 Å². The van der Waals surface area contributed by atoms with Gasteiger partial charge in [-0.3, -0.25) is 4.79 Å². The maximum atomic E-state index is 13.7. The Morgan fingerprint density at radius 3 is 2.82 bits per heavy atom. The highest BCUT2D eigenvalue weighted by Gasteiger charge is 2.36. The number of fused-ring (bicyclic) bond motifs is 1. The molecule has 5 heteroatoms. The van der Waals surface area contributed by atoms with Crippen LogP contribution in [-0.2, 0) is 12.0 Å². The smallest absolute Gasteiger partial charge is 0.255 e. The minimum Gasteiger partial charge on any atom is -0.383 e. The van der Waals surface area contributed by atoms with Crippen molar-refractivity contribution >= 4 is 17.5 Å². The van der Waals surface area contributed by atoms with E-state index < -0.39 is 17.3 Å². The Morgan fingerprint density at radius 1 is 1.27 bits per heavy atom. The molecule has 114 valence electrons. The first-order valence-corrected chi connectivity index (χ1v) is 7.42. The minimum atomic E-state index is -1.12. The van der Waals surface area contributed by atoms with Crippen LogP contribution in [0.25, 0.3) is 0 Å². The summed E-state index contributed by atoms with van der Waals surface area (Å²) in [7, 11) is 0. The number of carbonyl (C=O) groups is 1. The van der Waals surface area contributed by atoms with Gasteiger partial charge in [0.25, 0.3) is 5.91 Å². The molecule has 22 heavy (non-hydrogen) atoms. The zero-order chi connectivity index (χ0) is 15.7. The highest BCUT2D eigenvalue weighted by molar-refractivity contribution is 6.33. The summed E-state index contributed by atoms with van der Waals surface area (Å²) in [6.45, 7) is 0.0213. The first-order chi connectivity index (χ1) is 10.5. The Bertz CT molecular complexity index is 714. The molecule has 0 unspecified atom stereocenters. The molecule has 3 nitrogen and oxygen atoms in total. The van der Waals surface area contributed by atoms with Crippen molar-refractivity contribution < 1.29 is 14.3 Å². The second kappa shape index (κ2) is 5.71. The molecule has 0 saturated carbocycles. The number of benzene rings is 2. The molecular formula is C17H15ClFNO2. The molecule has 0 aromatic heterocycles. The maximum absolute atomic E-state index is 13.7. The topological polar surface area (TPSA) is 49.3 Å². The van der Waals surface area contributed by atoms with Crippen LogP contribution < -0.4 is 5.32 Å². The van der Waals surface area contributed by atoms with E-state index in [0.717, 1.165) is 17.5 Å². The number of hydrogen-bond donors (Lipinski definition) is 2. The van der Waals surface area contributed by atoms with Crippen molar-refractivity contribution in [3.05, 3.63) is 70.0 Å². The van der Waals surface area contributed by atoms with E-state index in [1.165, 1.54) is 18.2 Å². The molecule has 2 N–H and O–H groups in total. The fraction of sp³-hybridized carbons (Fsp3) is 0.235. The van der Waals surface area contributed by atoms with Gasteiger partial charge in [0.15, 0.2) is 0 Å². The summed E-state index contributed by atoms with van der Waals surface area (Å²) in [5, 5.41) is 13.4. The summed E-state index contributed by atoms with van der Waals surface area (Å²) in [4.78, 5) is 12.2. The number of hydrogen-bond acceptors (Lipinski definition) is 2. The van der Waals surface area contributed by atoms with Crippen molar-refractivity contribution in [2.24, 2.45) is 0 Å². The molecule has 1 amide bonds. The van der Waals surface area contributed by atoms with Crippen molar-refractivity contribution in [2.75, 3.05) is 6.54 Å². The maximum Gasteiger partial charge on any atom is 0.255 e. The number of amides is 1. The quantitative estimate of drug-likeness (QED) is 0.913. The molecule has 1 atom stereocenters. The van der Waals surface area contributed by atoms with E-state index in [1.54, 1.807) is 0 Å². The summed E-state index contributed by atoms with van der Waals surface area (Å²) < 4.78 is 13.7. The second-order valence-corrected chi connectivity index (χ2v) is 5.88. The molecular weight excluding hydrogens is 305 g/mol. The first-order valence-electron chi connectivity index (χ1n) is 7.04. The van der Waals surface area contributed by atoms with E-state index in [0.29, 0.717) is 6.42 Å². The largest absolute Gasteiger partial charge is 0.383 e. The molecule has 1 aliphatic rings. The third-order valence-electron chi connectivity index (χ3n) is 4.06. The summed E-state index contributed by atoms with van der Waals surface area (Å²) in [6.07, 6.45) is 1.28. The van der Waals surface area contributed by atoms with Gasteiger partial charge in [0, 0.05) is 0 Å². The van der Waals surface area contributed by atoms with E-state index in [4.69, 9.17) is 11.6 Å². The molecule has 0 radical (unpaired) electrons. The molecule has 0 bridgehead atoms. The van der Waals surface area contributed by atoms with Gasteiger partial charge in [-0.2, -0.15) is 0 Å². The van der Waals surface area contributed by atoms with E-state index in [-0.39, 0.29) is 17.1 Å². The SMILES string of the molecule is O=C(NC[C@@]1(O)CCc2ccccc21)c1c(F)cccc1Cl. The lowest BCUT2D eigenvalue weighted by molar-refractivity contribution is 0.0369. The van der Waals surface area contributed by atoms with Crippen LogP contribution in [0.1, 0.15) is 27.9 Å². The lowest BCUT2D eigenvalue weighted by atomic mass is 9.96. The summed E-state index contributed by atoms with van der Waals surface area (Å²) in [6, 6.07) is 11.7. The van der Waals surface area contributed by atoms with E-state index in [9.17, 15) is 14.3 Å². The predicted octanol–water partition coefficient (Wildman–Crippen LogP) is 3.04. The monoisotopic (exact) mass is 319 g/mol. The molecule has 2 aromatic carbocycles. The number of carbonyl (C=O) groups excluding carboxylic acids is 1. The zero-order valence-electron chi connectivity index (χ0n) is 11.8. The Morgan fingerprint density at radius 2 is 2.05 bits per heavy atom. The number of rotatable bonds is 3. The lowest BCUT2D eigenvalue weighted by Crippen LogP contribution is -2.39. The first kappa shape index (κ1) is 15.0. The van der Waals surface area contributed by atoms with E-state index in [1.807, 2.05) is 24.3 Å². The Balaban J connectivity index is 1.77. The van der Waals surface area contributed by atoms with Crippen molar-refractivity contribution in [3.63, 3.8) is 0 Å². The van der Waals surface area contributed by atoms with Gasteiger partial charge >= 0.3 is 0 Å². The normalized spacial score (nSPS) is 19.8. The van der Waals surface area contributed by atoms with Crippen LogP contribution in [-0.4, -0.2) is 17.6 Å². The van der Waals surface area contributed by atoms with Gasteiger partial charge in [0.1, 0.15) is 11.4 Å². The molecule has 0 aliphatic heterocycles. The summed E-state index contributed by atoms with van der Waals surface area (Å²) in [5.41, 5.74) is 0.571. The summed E-state index contributed by atoms with van der Waals surface area (Å²) >= 11 is 5.87. The van der Waals surface area contributed by atoms with Crippen LogP contribution in [0.4, 0.5) is 4.39 Å². The van der Waals surface area contributed by atoms with Gasteiger partial charge < -0.3 is 10.4 Å². The van der Waals surface area contributed by atoms with E-state index >= 15 is 0 Å². The van der Waals surface area contributed by atoms with Crippen LogP contribution in [0.15, 0.2) is 42.5 Å².